The number of nitrogens with two attached hydrogens (primary N) is 1. The predicted molar refractivity (Wildman–Crippen MR) is 71.7 cm³/mol. The molecule has 2 aromatic rings. The first-order chi connectivity index (χ1) is 8.83. The van der Waals surface area contributed by atoms with Gasteiger partial charge < -0.3 is 15.2 Å². The van der Waals surface area contributed by atoms with E-state index in [9.17, 15) is 0 Å². The molecule has 0 amide bonds. The Hall–Kier alpha value is -2.00. The first-order valence-electron chi connectivity index (χ1n) is 5.87. The lowest BCUT2D eigenvalue weighted by Gasteiger charge is -2.10. The van der Waals surface area contributed by atoms with Crippen molar-refractivity contribution >= 4 is 0 Å². The van der Waals surface area contributed by atoms with Crippen LogP contribution in [0.25, 0.3) is 0 Å². The molecule has 2 rings (SSSR count). The Morgan fingerprint density at radius 2 is 1.50 bits per heavy atom. The molecule has 0 radical (unpaired) electrons. The van der Waals surface area contributed by atoms with E-state index >= 15 is 0 Å². The van der Waals surface area contributed by atoms with Crippen LogP contribution in [0.2, 0.25) is 0 Å². The minimum absolute atomic E-state index is 0.527. The van der Waals surface area contributed by atoms with Gasteiger partial charge in [-0.1, -0.05) is 24.3 Å². The standard InChI is InChI=1S/C15H17NO2/c1-17-14-6-8-15(9-7-14)18-11-13-5-3-2-4-12(13)10-16/h2-9H,10-11,16H2,1H3. The van der Waals surface area contributed by atoms with Gasteiger partial charge in [0.25, 0.3) is 0 Å². The molecule has 3 heteroatoms. The maximum atomic E-state index is 5.72. The van der Waals surface area contributed by atoms with Crippen molar-refractivity contribution in [3.63, 3.8) is 0 Å². The van der Waals surface area contributed by atoms with E-state index in [-0.39, 0.29) is 0 Å². The minimum Gasteiger partial charge on any atom is -0.497 e. The van der Waals surface area contributed by atoms with Crippen LogP contribution in [-0.2, 0) is 13.2 Å². The monoisotopic (exact) mass is 243 g/mol. The van der Waals surface area contributed by atoms with Crippen LogP contribution in [0.15, 0.2) is 48.5 Å². The molecule has 0 aliphatic heterocycles. The van der Waals surface area contributed by atoms with Crippen LogP contribution in [0.1, 0.15) is 11.1 Å². The predicted octanol–water partition coefficient (Wildman–Crippen LogP) is 2.73. The second kappa shape index (κ2) is 6.07. The minimum atomic E-state index is 0.527. The summed E-state index contributed by atoms with van der Waals surface area (Å²) in [4.78, 5) is 0. The summed E-state index contributed by atoms with van der Waals surface area (Å²) in [5.41, 5.74) is 7.92. The van der Waals surface area contributed by atoms with Gasteiger partial charge >= 0.3 is 0 Å². The van der Waals surface area contributed by atoms with E-state index in [0.29, 0.717) is 13.2 Å². The molecule has 0 spiro atoms. The normalized spacial score (nSPS) is 10.1. The number of benzene rings is 2. The second-order valence-electron chi connectivity index (χ2n) is 3.94. The third kappa shape index (κ3) is 3.02. The Morgan fingerprint density at radius 3 is 2.11 bits per heavy atom. The van der Waals surface area contributed by atoms with Gasteiger partial charge in [0.1, 0.15) is 18.1 Å². The largest absolute Gasteiger partial charge is 0.497 e. The third-order valence-electron chi connectivity index (χ3n) is 2.79. The fraction of sp³-hybridized carbons (Fsp3) is 0.200. The van der Waals surface area contributed by atoms with Crippen molar-refractivity contribution < 1.29 is 9.47 Å². The van der Waals surface area contributed by atoms with Crippen molar-refractivity contribution in [2.24, 2.45) is 5.73 Å². The van der Waals surface area contributed by atoms with Crippen LogP contribution >= 0.6 is 0 Å². The van der Waals surface area contributed by atoms with Crippen molar-refractivity contribution in [1.29, 1.82) is 0 Å². The van der Waals surface area contributed by atoms with Crippen molar-refractivity contribution in [3.05, 3.63) is 59.7 Å². The zero-order chi connectivity index (χ0) is 12.8. The molecule has 0 saturated heterocycles. The Balaban J connectivity index is 2.02. The average molecular weight is 243 g/mol. The number of hydrogen-bond donors (Lipinski definition) is 1. The molecule has 0 aliphatic rings. The summed E-state index contributed by atoms with van der Waals surface area (Å²) in [5.74, 6) is 1.65. The van der Waals surface area contributed by atoms with Crippen LogP contribution in [0.3, 0.4) is 0 Å². The molecule has 0 saturated carbocycles. The SMILES string of the molecule is COc1ccc(OCc2ccccc2CN)cc1. The number of ether oxygens (including phenoxy) is 2. The van der Waals surface area contributed by atoms with Gasteiger partial charge in [-0.3, -0.25) is 0 Å². The van der Waals surface area contributed by atoms with E-state index in [2.05, 4.69) is 0 Å². The van der Waals surface area contributed by atoms with E-state index < -0.39 is 0 Å². The summed E-state index contributed by atoms with van der Waals surface area (Å²) in [7, 11) is 1.65. The van der Waals surface area contributed by atoms with Crippen molar-refractivity contribution in [3.8, 4) is 11.5 Å². The summed E-state index contributed by atoms with van der Waals surface area (Å²) in [6, 6.07) is 15.6. The zero-order valence-electron chi connectivity index (χ0n) is 10.4. The summed E-state index contributed by atoms with van der Waals surface area (Å²) >= 11 is 0. The quantitative estimate of drug-likeness (QED) is 0.878. The summed E-state index contributed by atoms with van der Waals surface area (Å²) in [6.45, 7) is 1.06. The van der Waals surface area contributed by atoms with Crippen LogP contribution in [-0.4, -0.2) is 7.11 Å². The first-order valence-corrected chi connectivity index (χ1v) is 5.87. The molecule has 2 N–H and O–H groups in total. The molecule has 94 valence electrons. The van der Waals surface area contributed by atoms with E-state index in [0.717, 1.165) is 22.6 Å². The van der Waals surface area contributed by atoms with Crippen molar-refractivity contribution in [1.82, 2.24) is 0 Å². The highest BCUT2D eigenvalue weighted by Gasteiger charge is 2.01. The van der Waals surface area contributed by atoms with Gasteiger partial charge in [0.15, 0.2) is 0 Å². The zero-order valence-corrected chi connectivity index (χ0v) is 10.4. The Bertz CT molecular complexity index is 494. The van der Waals surface area contributed by atoms with Crippen LogP contribution < -0.4 is 15.2 Å². The highest BCUT2D eigenvalue weighted by Crippen LogP contribution is 2.19. The second-order valence-corrected chi connectivity index (χ2v) is 3.94. The average Bonchev–Trinajstić information content (AvgIpc) is 2.46. The van der Waals surface area contributed by atoms with Crippen molar-refractivity contribution in [2.75, 3.05) is 7.11 Å². The molecular formula is C15H17NO2. The number of methoxy groups -OCH3 is 1. The van der Waals surface area contributed by atoms with Crippen LogP contribution in [0, 0.1) is 0 Å². The van der Waals surface area contributed by atoms with Crippen LogP contribution in [0.4, 0.5) is 0 Å². The lowest BCUT2D eigenvalue weighted by molar-refractivity contribution is 0.304. The number of hydrogen-bond acceptors (Lipinski definition) is 3. The van der Waals surface area contributed by atoms with Crippen LogP contribution in [0.5, 0.6) is 11.5 Å². The Labute approximate surface area is 107 Å². The van der Waals surface area contributed by atoms with Gasteiger partial charge in [0.2, 0.25) is 0 Å². The van der Waals surface area contributed by atoms with E-state index in [1.807, 2.05) is 48.5 Å². The summed E-state index contributed by atoms with van der Waals surface area (Å²) < 4.78 is 10.8. The van der Waals surface area contributed by atoms with Gasteiger partial charge in [-0.2, -0.15) is 0 Å². The number of rotatable bonds is 5. The molecule has 0 bridgehead atoms. The lowest BCUT2D eigenvalue weighted by Crippen LogP contribution is -2.04. The van der Waals surface area contributed by atoms with E-state index in [1.54, 1.807) is 7.11 Å². The van der Waals surface area contributed by atoms with Crippen molar-refractivity contribution in [2.45, 2.75) is 13.2 Å². The fourth-order valence-corrected chi connectivity index (χ4v) is 1.73. The molecule has 0 fully saturated rings. The molecule has 0 unspecified atom stereocenters. The Morgan fingerprint density at radius 1 is 0.889 bits per heavy atom. The molecule has 0 heterocycles. The Kier molecular flexibility index (Phi) is 4.20. The molecule has 2 aromatic carbocycles. The highest BCUT2D eigenvalue weighted by molar-refractivity contribution is 5.32. The molecule has 3 nitrogen and oxygen atoms in total. The summed E-state index contributed by atoms with van der Waals surface area (Å²) in [5, 5.41) is 0. The van der Waals surface area contributed by atoms with Gasteiger partial charge in [0.05, 0.1) is 7.11 Å². The van der Waals surface area contributed by atoms with Gasteiger partial charge in [-0.25, -0.2) is 0 Å². The molecule has 0 atom stereocenters. The fourth-order valence-electron chi connectivity index (χ4n) is 1.73. The topological polar surface area (TPSA) is 44.5 Å². The maximum Gasteiger partial charge on any atom is 0.120 e. The smallest absolute Gasteiger partial charge is 0.120 e. The van der Waals surface area contributed by atoms with Gasteiger partial charge in [-0.15, -0.1) is 0 Å². The molecule has 0 aromatic heterocycles. The van der Waals surface area contributed by atoms with Gasteiger partial charge in [0, 0.05) is 6.54 Å². The summed E-state index contributed by atoms with van der Waals surface area (Å²) in [6.07, 6.45) is 0. The lowest BCUT2D eigenvalue weighted by atomic mass is 10.1. The maximum absolute atomic E-state index is 5.72. The molecular weight excluding hydrogens is 226 g/mol. The third-order valence-corrected chi connectivity index (χ3v) is 2.79. The highest BCUT2D eigenvalue weighted by atomic mass is 16.5. The molecule has 18 heavy (non-hydrogen) atoms. The van der Waals surface area contributed by atoms with E-state index in [1.165, 1.54) is 0 Å². The first kappa shape index (κ1) is 12.5. The van der Waals surface area contributed by atoms with E-state index in [4.69, 9.17) is 15.2 Å². The van der Waals surface area contributed by atoms with Gasteiger partial charge in [-0.05, 0) is 35.4 Å². The molecule has 0 aliphatic carbocycles.